The zero-order valence-corrected chi connectivity index (χ0v) is 22.3. The first-order chi connectivity index (χ1) is 16.5. The van der Waals surface area contributed by atoms with E-state index in [1.54, 1.807) is 26.2 Å². The molecule has 188 valence electrons. The zero-order chi connectivity index (χ0) is 25.0. The van der Waals surface area contributed by atoms with E-state index in [-0.39, 0.29) is 11.6 Å². The summed E-state index contributed by atoms with van der Waals surface area (Å²) >= 11 is 0. The van der Waals surface area contributed by atoms with E-state index in [1.807, 2.05) is 24.4 Å². The summed E-state index contributed by atoms with van der Waals surface area (Å²) in [6.45, 7) is 7.49. The van der Waals surface area contributed by atoms with Gasteiger partial charge in [-0.15, -0.1) is 0 Å². The molecule has 1 spiro atoms. The fourth-order valence-corrected chi connectivity index (χ4v) is 7.13. The molecule has 3 heterocycles. The van der Waals surface area contributed by atoms with Crippen LogP contribution in [0.2, 0.25) is 0 Å². The van der Waals surface area contributed by atoms with E-state index in [2.05, 4.69) is 37.6 Å². The number of hydrogen-bond acceptors (Lipinski definition) is 4. The first kappa shape index (κ1) is 24.5. The predicted molar refractivity (Wildman–Crippen MR) is 139 cm³/mol. The van der Waals surface area contributed by atoms with Gasteiger partial charge in [-0.25, -0.2) is 12.7 Å². The number of aromatic nitrogens is 2. The van der Waals surface area contributed by atoms with E-state index < -0.39 is 10.0 Å². The first-order valence-corrected chi connectivity index (χ1v) is 14.1. The van der Waals surface area contributed by atoms with Crippen LogP contribution in [0.15, 0.2) is 53.7 Å². The van der Waals surface area contributed by atoms with Gasteiger partial charge < -0.3 is 9.30 Å². The Bertz CT molecular complexity index is 1320. The van der Waals surface area contributed by atoms with Crippen molar-refractivity contribution in [2.75, 3.05) is 20.7 Å². The molecule has 35 heavy (non-hydrogen) atoms. The lowest BCUT2D eigenvalue weighted by Crippen LogP contribution is -2.28. The van der Waals surface area contributed by atoms with E-state index >= 15 is 0 Å². The fourth-order valence-electron chi connectivity index (χ4n) is 6.23. The van der Waals surface area contributed by atoms with E-state index in [9.17, 15) is 8.42 Å². The van der Waals surface area contributed by atoms with Gasteiger partial charge in [0.25, 0.3) is 0 Å². The Kier molecular flexibility index (Phi) is 6.09. The highest BCUT2D eigenvalue weighted by atomic mass is 32.2. The van der Waals surface area contributed by atoms with Crippen molar-refractivity contribution in [1.29, 1.82) is 0 Å². The van der Waals surface area contributed by atoms with E-state index in [1.165, 1.54) is 35.6 Å². The number of rotatable bonds is 5. The molecule has 1 atom stereocenters. The molecule has 0 radical (unpaired) electrons. The van der Waals surface area contributed by atoms with Gasteiger partial charge in [-0.2, -0.15) is 0 Å². The molecule has 5 rings (SSSR count). The molecule has 2 fully saturated rings. The molecule has 0 N–H and O–H groups in total. The van der Waals surface area contributed by atoms with Crippen molar-refractivity contribution in [1.82, 2.24) is 13.9 Å². The summed E-state index contributed by atoms with van der Waals surface area (Å²) < 4.78 is 34.6. The number of fused-ring (bicyclic) bond motifs is 1. The van der Waals surface area contributed by atoms with Crippen molar-refractivity contribution in [3.8, 4) is 0 Å². The molecule has 1 aromatic carbocycles. The smallest absolute Gasteiger partial charge is 0.242 e. The summed E-state index contributed by atoms with van der Waals surface area (Å²) in [6.07, 6.45) is 10.1. The summed E-state index contributed by atoms with van der Waals surface area (Å²) in [5.74, 6) is 0.503. The number of nitrogens with zero attached hydrogens (tertiary/aromatic N) is 3. The predicted octanol–water partition coefficient (Wildman–Crippen LogP) is 5.74. The third kappa shape index (κ3) is 4.43. The Morgan fingerprint density at radius 2 is 1.80 bits per heavy atom. The van der Waals surface area contributed by atoms with Crippen LogP contribution in [0.3, 0.4) is 0 Å². The average molecular weight is 496 g/mol. The minimum atomic E-state index is -3.44. The van der Waals surface area contributed by atoms with Crippen LogP contribution in [-0.4, -0.2) is 48.6 Å². The van der Waals surface area contributed by atoms with Crippen LogP contribution >= 0.6 is 0 Å². The normalized spacial score (nSPS) is 25.5. The molecule has 2 aliphatic rings. The zero-order valence-electron chi connectivity index (χ0n) is 21.5. The van der Waals surface area contributed by atoms with Crippen molar-refractivity contribution in [3.05, 3.63) is 59.9 Å². The van der Waals surface area contributed by atoms with Crippen LogP contribution in [0, 0.1) is 5.41 Å². The molecular formula is C28H37N3O3S. The summed E-state index contributed by atoms with van der Waals surface area (Å²) in [7, 11) is -0.327. The second-order valence-electron chi connectivity index (χ2n) is 11.4. The highest BCUT2D eigenvalue weighted by Gasteiger charge is 2.46. The minimum Gasteiger partial charge on any atom is -0.375 e. The number of ether oxygens (including phenoxy) is 1. The lowest BCUT2D eigenvalue weighted by Gasteiger charge is -2.36. The minimum absolute atomic E-state index is 0.00126. The van der Waals surface area contributed by atoms with Crippen molar-refractivity contribution in [2.24, 2.45) is 5.41 Å². The largest absolute Gasteiger partial charge is 0.375 e. The molecule has 1 saturated carbocycles. The number of sulfonamides is 1. The van der Waals surface area contributed by atoms with Gasteiger partial charge in [-0.05, 0) is 99.6 Å². The molecule has 1 saturated heterocycles. The van der Waals surface area contributed by atoms with E-state index in [4.69, 9.17) is 9.72 Å². The Hall–Kier alpha value is -2.22. The maximum Gasteiger partial charge on any atom is 0.242 e. The van der Waals surface area contributed by atoms with Gasteiger partial charge in [0.2, 0.25) is 10.0 Å². The highest BCUT2D eigenvalue weighted by Crippen LogP contribution is 2.52. The standard InChI is InChI=1S/C28H37N3O3S/c1-20(21-8-10-23(11-9-21)35(32,33)30(4)5)31-17-24(26-25(31)7-6-16-29-26)22-12-14-28(15-13-22)18-27(2,3)34-19-28/h6-11,16-17,20,22H,12-15,18-19H2,1-5H3/t20?,22-,28+. The van der Waals surface area contributed by atoms with E-state index in [0.717, 1.165) is 29.6 Å². The Morgan fingerprint density at radius 3 is 2.40 bits per heavy atom. The molecule has 1 unspecified atom stereocenters. The van der Waals surface area contributed by atoms with Gasteiger partial charge in [0.1, 0.15) is 0 Å². The van der Waals surface area contributed by atoms with Crippen molar-refractivity contribution in [3.63, 3.8) is 0 Å². The van der Waals surface area contributed by atoms with Crippen molar-refractivity contribution < 1.29 is 13.2 Å². The molecule has 0 bridgehead atoms. The Morgan fingerprint density at radius 1 is 1.11 bits per heavy atom. The molecule has 6 nitrogen and oxygen atoms in total. The third-order valence-corrected chi connectivity index (χ3v) is 10.1. The molecule has 3 aromatic rings. The molecule has 1 aliphatic carbocycles. The molecule has 2 aromatic heterocycles. The maximum atomic E-state index is 12.5. The molecule has 0 amide bonds. The maximum absolute atomic E-state index is 12.5. The van der Waals surface area contributed by atoms with Gasteiger partial charge in [0, 0.05) is 26.5 Å². The quantitative estimate of drug-likeness (QED) is 0.453. The second-order valence-corrected chi connectivity index (χ2v) is 13.5. The van der Waals surface area contributed by atoms with Gasteiger partial charge in [0.15, 0.2) is 0 Å². The van der Waals surface area contributed by atoms with E-state index in [0.29, 0.717) is 16.2 Å². The SMILES string of the molecule is CC(c1ccc(S(=O)(=O)N(C)C)cc1)n1cc([C@H]2CC[C@]3(CC2)COC(C)(C)C3)c2ncccc21. The first-order valence-electron chi connectivity index (χ1n) is 12.6. The van der Waals surface area contributed by atoms with Crippen LogP contribution in [0.5, 0.6) is 0 Å². The van der Waals surface area contributed by atoms with Crippen LogP contribution in [0.25, 0.3) is 11.0 Å². The lowest BCUT2D eigenvalue weighted by molar-refractivity contribution is 0.0281. The highest BCUT2D eigenvalue weighted by molar-refractivity contribution is 7.89. The molecule has 7 heteroatoms. The van der Waals surface area contributed by atoms with Crippen LogP contribution in [0.4, 0.5) is 0 Å². The van der Waals surface area contributed by atoms with Gasteiger partial charge >= 0.3 is 0 Å². The van der Waals surface area contributed by atoms with Gasteiger partial charge in [0.05, 0.1) is 34.2 Å². The molecule has 1 aliphatic heterocycles. The van der Waals surface area contributed by atoms with Gasteiger partial charge in [-0.1, -0.05) is 12.1 Å². The third-order valence-electron chi connectivity index (χ3n) is 8.23. The topological polar surface area (TPSA) is 64.4 Å². The van der Waals surface area contributed by atoms with Gasteiger partial charge in [-0.3, -0.25) is 4.98 Å². The number of benzene rings is 1. The summed E-state index contributed by atoms with van der Waals surface area (Å²) in [5, 5.41) is 0. The average Bonchev–Trinajstić information content (AvgIpc) is 3.36. The molecular weight excluding hydrogens is 458 g/mol. The van der Waals surface area contributed by atoms with Crippen LogP contribution in [-0.2, 0) is 14.8 Å². The summed E-state index contributed by atoms with van der Waals surface area (Å²) in [5.41, 5.74) is 4.98. The van der Waals surface area contributed by atoms with Crippen molar-refractivity contribution >= 4 is 21.1 Å². The fraction of sp³-hybridized carbons (Fsp3) is 0.536. The Balaban J connectivity index is 1.42. The lowest BCUT2D eigenvalue weighted by atomic mass is 9.67. The van der Waals surface area contributed by atoms with Crippen LogP contribution in [0.1, 0.15) is 76.0 Å². The number of hydrogen-bond donors (Lipinski definition) is 0. The number of pyridine rings is 1. The monoisotopic (exact) mass is 495 g/mol. The summed E-state index contributed by atoms with van der Waals surface area (Å²) in [6, 6.07) is 11.5. The van der Waals surface area contributed by atoms with Crippen molar-refractivity contribution in [2.45, 2.75) is 75.3 Å². The second kappa shape index (κ2) is 8.71. The summed E-state index contributed by atoms with van der Waals surface area (Å²) in [4.78, 5) is 5.11. The van der Waals surface area contributed by atoms with Crippen LogP contribution < -0.4 is 0 Å². The Labute approximate surface area is 209 Å².